The van der Waals surface area contributed by atoms with Crippen LogP contribution in [0.25, 0.3) is 0 Å². The molecular formula is C14H13NO2. The van der Waals surface area contributed by atoms with E-state index in [0.717, 1.165) is 11.1 Å². The third-order valence-electron chi connectivity index (χ3n) is 2.55. The molecule has 0 aliphatic rings. The first-order valence-corrected chi connectivity index (χ1v) is 5.30. The molecule has 0 bridgehead atoms. The van der Waals surface area contributed by atoms with Gasteiger partial charge in [0.2, 0.25) is 0 Å². The van der Waals surface area contributed by atoms with Gasteiger partial charge in [-0.25, -0.2) is 0 Å². The summed E-state index contributed by atoms with van der Waals surface area (Å²) in [6, 6.07) is 14.4. The summed E-state index contributed by atoms with van der Waals surface area (Å²) in [6.45, 7) is 1.92. The highest BCUT2D eigenvalue weighted by Crippen LogP contribution is 2.22. The van der Waals surface area contributed by atoms with Crippen molar-refractivity contribution in [1.29, 1.82) is 0 Å². The first-order chi connectivity index (χ1) is 8.22. The van der Waals surface area contributed by atoms with Gasteiger partial charge in [-0.05, 0) is 19.1 Å². The molecule has 0 saturated heterocycles. The molecule has 0 radical (unpaired) electrons. The van der Waals surface area contributed by atoms with Gasteiger partial charge in [-0.3, -0.25) is 0 Å². The number of phenolic OH excluding ortho intramolecular Hbond substituents is 1. The molecule has 0 aliphatic heterocycles. The van der Waals surface area contributed by atoms with Gasteiger partial charge < -0.3 is 10.3 Å². The molecule has 86 valence electrons. The third-order valence-corrected chi connectivity index (χ3v) is 2.55. The number of nitrogens with zero attached hydrogens (tertiary/aromatic N) is 1. The zero-order valence-electron chi connectivity index (χ0n) is 9.46. The Bertz CT molecular complexity index is 547. The molecule has 0 heterocycles. The lowest BCUT2D eigenvalue weighted by molar-refractivity contribution is 0.319. The van der Waals surface area contributed by atoms with Gasteiger partial charge in [-0.2, -0.15) is 0 Å². The van der Waals surface area contributed by atoms with Crippen molar-refractivity contribution in [2.24, 2.45) is 5.16 Å². The molecule has 0 amide bonds. The number of aromatic hydroxyl groups is 1. The van der Waals surface area contributed by atoms with Crippen molar-refractivity contribution in [1.82, 2.24) is 0 Å². The average Bonchev–Trinajstić information content (AvgIpc) is 2.36. The first-order valence-electron chi connectivity index (χ1n) is 5.30. The number of hydrogen-bond acceptors (Lipinski definition) is 3. The maximum absolute atomic E-state index is 9.81. The number of rotatable bonds is 2. The fourth-order valence-corrected chi connectivity index (χ4v) is 1.70. The van der Waals surface area contributed by atoms with Crippen LogP contribution >= 0.6 is 0 Å². The molecule has 0 fully saturated rings. The predicted octanol–water partition coefficient (Wildman–Crippen LogP) is 2.93. The SMILES string of the molecule is Cc1ccc(O)c(C(=NO)c2ccccc2)c1. The zero-order valence-corrected chi connectivity index (χ0v) is 9.46. The van der Waals surface area contributed by atoms with E-state index in [1.807, 2.05) is 37.3 Å². The van der Waals surface area contributed by atoms with E-state index in [0.29, 0.717) is 11.3 Å². The Morgan fingerprint density at radius 1 is 1.06 bits per heavy atom. The molecule has 3 heteroatoms. The Morgan fingerprint density at radius 2 is 1.76 bits per heavy atom. The fraction of sp³-hybridized carbons (Fsp3) is 0.0714. The molecule has 2 N–H and O–H groups in total. The Morgan fingerprint density at radius 3 is 2.41 bits per heavy atom. The van der Waals surface area contributed by atoms with Gasteiger partial charge in [0.05, 0.1) is 0 Å². The molecule has 0 aliphatic carbocycles. The van der Waals surface area contributed by atoms with Crippen LogP contribution in [-0.2, 0) is 0 Å². The van der Waals surface area contributed by atoms with Crippen LogP contribution in [0.1, 0.15) is 16.7 Å². The molecule has 0 aromatic heterocycles. The zero-order chi connectivity index (χ0) is 12.3. The van der Waals surface area contributed by atoms with E-state index in [2.05, 4.69) is 5.16 Å². The third kappa shape index (κ3) is 2.28. The van der Waals surface area contributed by atoms with Crippen LogP contribution in [0.2, 0.25) is 0 Å². The van der Waals surface area contributed by atoms with Gasteiger partial charge in [0.15, 0.2) is 0 Å². The lowest BCUT2D eigenvalue weighted by Gasteiger charge is -2.08. The molecule has 2 rings (SSSR count). The van der Waals surface area contributed by atoms with Gasteiger partial charge >= 0.3 is 0 Å². The van der Waals surface area contributed by atoms with Crippen LogP contribution in [0, 0.1) is 6.92 Å². The minimum absolute atomic E-state index is 0.104. The lowest BCUT2D eigenvalue weighted by Crippen LogP contribution is -2.03. The van der Waals surface area contributed by atoms with Gasteiger partial charge in [-0.1, -0.05) is 47.1 Å². The average molecular weight is 227 g/mol. The summed E-state index contributed by atoms with van der Waals surface area (Å²) in [4.78, 5) is 0. The highest BCUT2D eigenvalue weighted by molar-refractivity contribution is 6.14. The summed E-state index contributed by atoms with van der Waals surface area (Å²) in [6.07, 6.45) is 0. The number of oxime groups is 1. The molecule has 0 unspecified atom stereocenters. The van der Waals surface area contributed by atoms with Crippen LogP contribution < -0.4 is 0 Å². The summed E-state index contributed by atoms with van der Waals surface area (Å²) in [7, 11) is 0. The van der Waals surface area contributed by atoms with Crippen LogP contribution in [0.5, 0.6) is 5.75 Å². The minimum atomic E-state index is 0.104. The van der Waals surface area contributed by atoms with Crippen molar-refractivity contribution in [3.8, 4) is 5.75 Å². The summed E-state index contributed by atoms with van der Waals surface area (Å²) in [5.41, 5.74) is 2.65. The molecular weight excluding hydrogens is 214 g/mol. The van der Waals surface area contributed by atoms with E-state index in [4.69, 9.17) is 5.21 Å². The van der Waals surface area contributed by atoms with Crippen LogP contribution in [0.4, 0.5) is 0 Å². The van der Waals surface area contributed by atoms with E-state index < -0.39 is 0 Å². The predicted molar refractivity (Wildman–Crippen MR) is 66.7 cm³/mol. The van der Waals surface area contributed by atoms with Crippen molar-refractivity contribution >= 4 is 5.71 Å². The second kappa shape index (κ2) is 4.70. The Balaban J connectivity index is 2.54. The number of aryl methyl sites for hydroxylation is 1. The molecule has 0 atom stereocenters. The number of phenols is 1. The Kier molecular flexibility index (Phi) is 3.10. The van der Waals surface area contributed by atoms with E-state index in [1.54, 1.807) is 18.2 Å². The van der Waals surface area contributed by atoms with Crippen LogP contribution in [0.15, 0.2) is 53.7 Å². The first kappa shape index (κ1) is 11.2. The lowest BCUT2D eigenvalue weighted by atomic mass is 10.00. The molecule has 17 heavy (non-hydrogen) atoms. The monoisotopic (exact) mass is 227 g/mol. The van der Waals surface area contributed by atoms with E-state index in [9.17, 15) is 5.11 Å². The highest BCUT2D eigenvalue weighted by atomic mass is 16.4. The van der Waals surface area contributed by atoms with E-state index in [-0.39, 0.29) is 5.75 Å². The highest BCUT2D eigenvalue weighted by Gasteiger charge is 2.11. The van der Waals surface area contributed by atoms with Crippen molar-refractivity contribution < 1.29 is 10.3 Å². The Labute approximate surface area is 99.7 Å². The summed E-state index contributed by atoms with van der Waals surface area (Å²) < 4.78 is 0. The largest absolute Gasteiger partial charge is 0.507 e. The smallest absolute Gasteiger partial charge is 0.125 e. The maximum atomic E-state index is 9.81. The number of benzene rings is 2. The van der Waals surface area contributed by atoms with Gasteiger partial charge in [-0.15, -0.1) is 0 Å². The van der Waals surface area contributed by atoms with Crippen molar-refractivity contribution in [2.75, 3.05) is 0 Å². The van der Waals surface area contributed by atoms with Crippen molar-refractivity contribution in [3.63, 3.8) is 0 Å². The molecule has 3 nitrogen and oxygen atoms in total. The molecule has 0 spiro atoms. The maximum Gasteiger partial charge on any atom is 0.125 e. The quantitative estimate of drug-likeness (QED) is 0.471. The molecule has 0 saturated carbocycles. The summed E-state index contributed by atoms with van der Waals surface area (Å²) >= 11 is 0. The van der Waals surface area contributed by atoms with Crippen LogP contribution in [0.3, 0.4) is 0 Å². The minimum Gasteiger partial charge on any atom is -0.507 e. The van der Waals surface area contributed by atoms with E-state index >= 15 is 0 Å². The topological polar surface area (TPSA) is 52.8 Å². The van der Waals surface area contributed by atoms with Gasteiger partial charge in [0.1, 0.15) is 11.5 Å². The normalized spacial score (nSPS) is 11.5. The Hall–Kier alpha value is -2.29. The second-order valence-corrected chi connectivity index (χ2v) is 3.84. The van der Waals surface area contributed by atoms with Gasteiger partial charge in [0, 0.05) is 11.1 Å². The molecule has 2 aromatic carbocycles. The van der Waals surface area contributed by atoms with Crippen molar-refractivity contribution in [2.45, 2.75) is 6.92 Å². The number of hydrogen-bond donors (Lipinski definition) is 2. The fourth-order valence-electron chi connectivity index (χ4n) is 1.70. The van der Waals surface area contributed by atoms with E-state index in [1.165, 1.54) is 0 Å². The standard InChI is InChI=1S/C14H13NO2/c1-10-7-8-13(16)12(9-10)14(15-17)11-5-3-2-4-6-11/h2-9,16-17H,1H3. The van der Waals surface area contributed by atoms with Gasteiger partial charge in [0.25, 0.3) is 0 Å². The molecule has 2 aromatic rings. The second-order valence-electron chi connectivity index (χ2n) is 3.84. The summed E-state index contributed by atoms with van der Waals surface area (Å²) in [5, 5.41) is 22.2. The van der Waals surface area contributed by atoms with Crippen molar-refractivity contribution in [3.05, 3.63) is 65.2 Å². The summed E-state index contributed by atoms with van der Waals surface area (Å²) in [5.74, 6) is 0.104. The van der Waals surface area contributed by atoms with Crippen LogP contribution in [-0.4, -0.2) is 16.0 Å².